The van der Waals surface area contributed by atoms with Crippen molar-refractivity contribution in [2.75, 3.05) is 0 Å². The first kappa shape index (κ1) is 13.6. The van der Waals surface area contributed by atoms with Gasteiger partial charge in [-0.05, 0) is 18.3 Å². The van der Waals surface area contributed by atoms with E-state index in [2.05, 4.69) is 34.6 Å². The lowest BCUT2D eigenvalue weighted by atomic mass is 9.82. The van der Waals surface area contributed by atoms with Crippen molar-refractivity contribution < 1.29 is 4.79 Å². The van der Waals surface area contributed by atoms with Crippen LogP contribution in [0.3, 0.4) is 0 Å². The number of hydrogen-bond donors (Lipinski definition) is 1. The van der Waals surface area contributed by atoms with Crippen molar-refractivity contribution >= 4 is 5.78 Å². The monoisotopic (exact) mass is 199 g/mol. The number of nitrogens with two attached hydrogens (primary N) is 1. The summed E-state index contributed by atoms with van der Waals surface area (Å²) in [7, 11) is 0. The van der Waals surface area contributed by atoms with Gasteiger partial charge in [0.25, 0.3) is 0 Å². The summed E-state index contributed by atoms with van der Waals surface area (Å²) in [6, 6.07) is -0.0180. The zero-order valence-corrected chi connectivity index (χ0v) is 10.3. The van der Waals surface area contributed by atoms with Gasteiger partial charge in [-0.25, -0.2) is 0 Å². The number of ketones is 1. The Hall–Kier alpha value is -0.370. The minimum absolute atomic E-state index is 0.0180. The lowest BCUT2D eigenvalue weighted by Gasteiger charge is -2.27. The fourth-order valence-electron chi connectivity index (χ4n) is 1.43. The van der Waals surface area contributed by atoms with Crippen molar-refractivity contribution in [1.82, 2.24) is 0 Å². The summed E-state index contributed by atoms with van der Waals surface area (Å²) in [6.07, 6.45) is 2.40. The second-order valence-corrected chi connectivity index (χ2v) is 5.16. The lowest BCUT2D eigenvalue weighted by Crippen LogP contribution is -2.38. The van der Waals surface area contributed by atoms with E-state index < -0.39 is 0 Å². The van der Waals surface area contributed by atoms with E-state index in [1.807, 2.05) is 0 Å². The maximum absolute atomic E-state index is 11.8. The smallest absolute Gasteiger partial charge is 0.137 e. The standard InChI is InChI=1S/C12H25NO/c1-6-9(7-2)10(14)8-11(13)12(3,4)5/h9,11H,6-8,13H2,1-5H3. The van der Waals surface area contributed by atoms with Crippen LogP contribution in [-0.2, 0) is 4.79 Å². The van der Waals surface area contributed by atoms with Crippen LogP contribution in [0.25, 0.3) is 0 Å². The lowest BCUT2D eigenvalue weighted by molar-refractivity contribution is -0.123. The molecule has 1 unspecified atom stereocenters. The molecule has 0 aliphatic heterocycles. The fraction of sp³-hybridized carbons (Fsp3) is 0.917. The van der Waals surface area contributed by atoms with Gasteiger partial charge in [0.15, 0.2) is 0 Å². The summed E-state index contributed by atoms with van der Waals surface area (Å²) in [5, 5.41) is 0. The normalized spacial score (nSPS) is 14.5. The van der Waals surface area contributed by atoms with Crippen molar-refractivity contribution in [3.63, 3.8) is 0 Å². The highest BCUT2D eigenvalue weighted by atomic mass is 16.1. The summed E-state index contributed by atoms with van der Waals surface area (Å²) in [5.74, 6) is 0.542. The Bertz CT molecular complexity index is 177. The van der Waals surface area contributed by atoms with Crippen LogP contribution < -0.4 is 5.73 Å². The van der Waals surface area contributed by atoms with Crippen molar-refractivity contribution in [2.24, 2.45) is 17.1 Å². The molecule has 0 aliphatic rings. The molecule has 0 saturated carbocycles. The molecule has 0 aromatic heterocycles. The second kappa shape index (κ2) is 5.50. The number of hydrogen-bond acceptors (Lipinski definition) is 2. The van der Waals surface area contributed by atoms with Gasteiger partial charge < -0.3 is 5.73 Å². The maximum Gasteiger partial charge on any atom is 0.137 e. The Balaban J connectivity index is 4.18. The topological polar surface area (TPSA) is 43.1 Å². The van der Waals surface area contributed by atoms with Gasteiger partial charge in [-0.15, -0.1) is 0 Å². The predicted molar refractivity (Wildman–Crippen MR) is 61.1 cm³/mol. The van der Waals surface area contributed by atoms with E-state index in [9.17, 15) is 4.79 Å². The third-order valence-corrected chi connectivity index (χ3v) is 2.97. The van der Waals surface area contributed by atoms with Crippen molar-refractivity contribution in [1.29, 1.82) is 0 Å². The fourth-order valence-corrected chi connectivity index (χ4v) is 1.43. The third kappa shape index (κ3) is 4.23. The molecule has 0 radical (unpaired) electrons. The number of rotatable bonds is 5. The first-order chi connectivity index (χ1) is 6.32. The van der Waals surface area contributed by atoms with Gasteiger partial charge in [0.2, 0.25) is 0 Å². The molecule has 0 rings (SSSR count). The zero-order valence-electron chi connectivity index (χ0n) is 10.3. The number of carbonyl (C=O) groups excluding carboxylic acids is 1. The molecule has 0 aromatic carbocycles. The second-order valence-electron chi connectivity index (χ2n) is 5.16. The van der Waals surface area contributed by atoms with E-state index >= 15 is 0 Å². The van der Waals surface area contributed by atoms with Crippen LogP contribution in [0.2, 0.25) is 0 Å². The predicted octanol–water partition coefficient (Wildman–Crippen LogP) is 2.76. The Morgan fingerprint density at radius 2 is 1.64 bits per heavy atom. The molecule has 0 spiro atoms. The molecule has 1 atom stereocenters. The van der Waals surface area contributed by atoms with E-state index in [1.165, 1.54) is 0 Å². The van der Waals surface area contributed by atoms with Crippen molar-refractivity contribution in [3.05, 3.63) is 0 Å². The minimum atomic E-state index is -0.0180. The Morgan fingerprint density at radius 1 is 1.21 bits per heavy atom. The van der Waals surface area contributed by atoms with Gasteiger partial charge in [-0.3, -0.25) is 4.79 Å². The average Bonchev–Trinajstić information content (AvgIpc) is 2.04. The van der Waals surface area contributed by atoms with Crippen LogP contribution >= 0.6 is 0 Å². The Kier molecular flexibility index (Phi) is 5.35. The van der Waals surface area contributed by atoms with Crippen LogP contribution in [-0.4, -0.2) is 11.8 Å². The van der Waals surface area contributed by atoms with E-state index in [4.69, 9.17) is 5.73 Å². The quantitative estimate of drug-likeness (QED) is 0.740. The molecule has 2 nitrogen and oxygen atoms in total. The van der Waals surface area contributed by atoms with E-state index in [0.717, 1.165) is 12.8 Å². The third-order valence-electron chi connectivity index (χ3n) is 2.97. The molecular formula is C12H25NO. The van der Waals surface area contributed by atoms with Gasteiger partial charge in [0.05, 0.1) is 0 Å². The van der Waals surface area contributed by atoms with Gasteiger partial charge in [0.1, 0.15) is 5.78 Å². The van der Waals surface area contributed by atoms with E-state index in [0.29, 0.717) is 12.2 Å². The van der Waals surface area contributed by atoms with E-state index in [1.54, 1.807) is 0 Å². The average molecular weight is 199 g/mol. The molecule has 0 aliphatic carbocycles. The summed E-state index contributed by atoms with van der Waals surface area (Å²) in [6.45, 7) is 10.4. The van der Waals surface area contributed by atoms with Crippen molar-refractivity contribution in [3.8, 4) is 0 Å². The Labute approximate surface area is 88.3 Å². The molecule has 0 aromatic rings. The highest BCUT2D eigenvalue weighted by Gasteiger charge is 2.25. The van der Waals surface area contributed by atoms with Gasteiger partial charge >= 0.3 is 0 Å². The van der Waals surface area contributed by atoms with Crippen LogP contribution in [0.4, 0.5) is 0 Å². The molecule has 84 valence electrons. The van der Waals surface area contributed by atoms with Gasteiger partial charge in [-0.1, -0.05) is 34.6 Å². The SMILES string of the molecule is CCC(CC)C(=O)CC(N)C(C)(C)C. The molecule has 0 bridgehead atoms. The van der Waals surface area contributed by atoms with Gasteiger partial charge in [0, 0.05) is 18.4 Å². The maximum atomic E-state index is 11.8. The molecule has 0 heterocycles. The number of Topliss-reactive ketones (excluding diaryl/α,β-unsaturated/α-hetero) is 1. The molecule has 0 amide bonds. The summed E-state index contributed by atoms with van der Waals surface area (Å²) in [5.41, 5.74) is 6.01. The first-order valence-corrected chi connectivity index (χ1v) is 5.61. The molecule has 14 heavy (non-hydrogen) atoms. The van der Waals surface area contributed by atoms with Gasteiger partial charge in [-0.2, -0.15) is 0 Å². The van der Waals surface area contributed by atoms with Crippen LogP contribution in [0.1, 0.15) is 53.9 Å². The molecule has 2 N–H and O–H groups in total. The molecule has 0 saturated heterocycles. The summed E-state index contributed by atoms with van der Waals surface area (Å²) >= 11 is 0. The van der Waals surface area contributed by atoms with E-state index in [-0.39, 0.29) is 17.4 Å². The zero-order chi connectivity index (χ0) is 11.4. The first-order valence-electron chi connectivity index (χ1n) is 5.61. The molecule has 0 fully saturated rings. The van der Waals surface area contributed by atoms with Crippen LogP contribution in [0.15, 0.2) is 0 Å². The summed E-state index contributed by atoms with van der Waals surface area (Å²) in [4.78, 5) is 11.8. The number of carbonyl (C=O) groups is 1. The highest BCUT2D eigenvalue weighted by Crippen LogP contribution is 2.22. The van der Waals surface area contributed by atoms with Crippen LogP contribution in [0.5, 0.6) is 0 Å². The largest absolute Gasteiger partial charge is 0.327 e. The summed E-state index contributed by atoms with van der Waals surface area (Å²) < 4.78 is 0. The highest BCUT2D eigenvalue weighted by molar-refractivity contribution is 5.81. The molecule has 2 heteroatoms. The Morgan fingerprint density at radius 3 is 1.93 bits per heavy atom. The minimum Gasteiger partial charge on any atom is -0.327 e. The van der Waals surface area contributed by atoms with Crippen molar-refractivity contribution in [2.45, 2.75) is 59.9 Å². The van der Waals surface area contributed by atoms with Crippen LogP contribution in [0, 0.1) is 11.3 Å². The molecular weight excluding hydrogens is 174 g/mol.